The van der Waals surface area contributed by atoms with Gasteiger partial charge in [-0.1, -0.05) is 12.1 Å². The number of nitrogens with one attached hydrogen (secondary N) is 1. The fourth-order valence-corrected chi connectivity index (χ4v) is 5.85. The van der Waals surface area contributed by atoms with Crippen molar-refractivity contribution in [2.75, 3.05) is 24.7 Å². The summed E-state index contributed by atoms with van der Waals surface area (Å²) in [4.78, 5) is 23.9. The average Bonchev–Trinajstić information content (AvgIpc) is 2.89. The van der Waals surface area contributed by atoms with Gasteiger partial charge in [0.15, 0.2) is 16.4 Å². The van der Waals surface area contributed by atoms with Crippen LogP contribution in [0.4, 0.5) is 13.2 Å². The first kappa shape index (κ1) is 20.6. The summed E-state index contributed by atoms with van der Waals surface area (Å²) >= 11 is 1.23. The molecule has 0 spiro atoms. The molecule has 0 radical (unpaired) electrons. The van der Waals surface area contributed by atoms with Gasteiger partial charge in [0.25, 0.3) is 5.91 Å². The lowest BCUT2D eigenvalue weighted by atomic mass is 10.2. The van der Waals surface area contributed by atoms with Crippen molar-refractivity contribution in [2.24, 2.45) is 0 Å². The molecule has 1 fully saturated rings. The summed E-state index contributed by atoms with van der Waals surface area (Å²) in [6.07, 6.45) is -4.08. The fraction of sp³-hybridized carbons (Fsp3) is 0.467. The Bertz CT molecular complexity index is 780. The van der Waals surface area contributed by atoms with E-state index in [9.17, 15) is 31.2 Å². The minimum Gasteiger partial charge on any atom is -0.452 e. The van der Waals surface area contributed by atoms with Gasteiger partial charge in [0, 0.05) is 10.1 Å². The minimum absolute atomic E-state index is 0.0148. The molecule has 1 atom stereocenters. The van der Waals surface area contributed by atoms with E-state index in [2.05, 4.69) is 0 Å². The van der Waals surface area contributed by atoms with Crippen molar-refractivity contribution in [2.45, 2.75) is 22.7 Å². The van der Waals surface area contributed by atoms with Crippen LogP contribution >= 0.6 is 11.8 Å². The van der Waals surface area contributed by atoms with Gasteiger partial charge in [-0.05, 0) is 18.6 Å². The van der Waals surface area contributed by atoms with Crippen molar-refractivity contribution in [3.05, 3.63) is 29.8 Å². The third kappa shape index (κ3) is 6.52. The first-order valence-corrected chi connectivity index (χ1v) is 10.2. The van der Waals surface area contributed by atoms with Gasteiger partial charge in [0.2, 0.25) is 0 Å². The van der Waals surface area contributed by atoms with E-state index in [0.717, 1.165) is 0 Å². The van der Waals surface area contributed by atoms with E-state index in [1.807, 2.05) is 0 Å². The maximum atomic E-state index is 12.1. The molecule has 26 heavy (non-hydrogen) atoms. The quantitative estimate of drug-likeness (QED) is 0.718. The highest BCUT2D eigenvalue weighted by Crippen LogP contribution is 2.33. The molecule has 1 aliphatic rings. The second kappa shape index (κ2) is 8.30. The number of thioether (sulfide) groups is 1. The molecule has 6 nitrogen and oxygen atoms in total. The molecule has 2 rings (SSSR count). The monoisotopic (exact) mass is 411 g/mol. The van der Waals surface area contributed by atoms with Crippen LogP contribution in [0.3, 0.4) is 0 Å². The smallest absolute Gasteiger partial charge is 0.405 e. The zero-order valence-electron chi connectivity index (χ0n) is 13.4. The van der Waals surface area contributed by atoms with Crippen LogP contribution in [-0.2, 0) is 19.4 Å². The molecule has 1 aliphatic heterocycles. The van der Waals surface area contributed by atoms with Gasteiger partial charge in [-0.15, -0.1) is 11.8 Å². The van der Waals surface area contributed by atoms with Crippen LogP contribution in [0.2, 0.25) is 0 Å². The summed E-state index contributed by atoms with van der Waals surface area (Å²) in [6.45, 7) is -2.35. The SMILES string of the molecule is O=C(COC(=O)c1ccccc1S[C@H]1CCS(=O)(=O)C1)NCC(F)(F)F. The molecule has 1 N–H and O–H groups in total. The normalized spacial score (nSPS) is 19.1. The molecule has 0 saturated carbocycles. The molecule has 0 unspecified atom stereocenters. The van der Waals surface area contributed by atoms with E-state index in [0.29, 0.717) is 11.3 Å². The summed E-state index contributed by atoms with van der Waals surface area (Å²) in [5.74, 6) is -1.82. The predicted molar refractivity (Wildman–Crippen MR) is 88.7 cm³/mol. The molecule has 0 aliphatic carbocycles. The van der Waals surface area contributed by atoms with Crippen molar-refractivity contribution >= 4 is 33.5 Å². The maximum Gasteiger partial charge on any atom is 0.405 e. The summed E-state index contributed by atoms with van der Waals surface area (Å²) < 4.78 is 63.9. The summed E-state index contributed by atoms with van der Waals surface area (Å²) in [5, 5.41) is 1.41. The van der Waals surface area contributed by atoms with Gasteiger partial charge < -0.3 is 10.1 Å². The lowest BCUT2D eigenvalue weighted by Crippen LogP contribution is -2.36. The minimum atomic E-state index is -4.55. The van der Waals surface area contributed by atoms with Crippen molar-refractivity contribution < 1.29 is 35.9 Å². The Kier molecular flexibility index (Phi) is 6.56. The number of carbonyl (C=O) groups is 2. The molecular weight excluding hydrogens is 395 g/mol. The van der Waals surface area contributed by atoms with Gasteiger partial charge in [-0.3, -0.25) is 4.79 Å². The summed E-state index contributed by atoms with van der Waals surface area (Å²) in [7, 11) is -3.07. The van der Waals surface area contributed by atoms with Crippen LogP contribution in [0.5, 0.6) is 0 Å². The van der Waals surface area contributed by atoms with Crippen molar-refractivity contribution in [1.29, 1.82) is 0 Å². The van der Waals surface area contributed by atoms with E-state index < -0.39 is 41.0 Å². The lowest BCUT2D eigenvalue weighted by molar-refractivity contribution is -0.140. The van der Waals surface area contributed by atoms with E-state index in [-0.39, 0.29) is 22.3 Å². The molecule has 1 saturated heterocycles. The molecule has 1 aromatic rings. The Hall–Kier alpha value is -1.75. The highest BCUT2D eigenvalue weighted by Gasteiger charge is 2.30. The number of halogens is 3. The number of hydrogen-bond donors (Lipinski definition) is 1. The number of carbonyl (C=O) groups excluding carboxylic acids is 2. The number of amides is 1. The second-order valence-electron chi connectivity index (χ2n) is 5.61. The number of rotatable bonds is 6. The van der Waals surface area contributed by atoms with Crippen LogP contribution in [-0.4, -0.2) is 56.4 Å². The summed E-state index contributed by atoms with van der Waals surface area (Å²) in [5.41, 5.74) is 0.130. The first-order chi connectivity index (χ1) is 12.1. The van der Waals surface area contributed by atoms with Gasteiger partial charge in [0.1, 0.15) is 6.54 Å². The molecule has 11 heteroatoms. The maximum absolute atomic E-state index is 12.1. The van der Waals surface area contributed by atoms with E-state index >= 15 is 0 Å². The van der Waals surface area contributed by atoms with Gasteiger partial charge in [0.05, 0.1) is 17.1 Å². The third-order valence-corrected chi connectivity index (χ3v) is 6.74. The number of hydrogen-bond acceptors (Lipinski definition) is 6. The molecular formula is C15H16F3NO5S2. The Morgan fingerprint density at radius 3 is 2.58 bits per heavy atom. The third-order valence-electron chi connectivity index (χ3n) is 3.41. The first-order valence-electron chi connectivity index (χ1n) is 7.52. The predicted octanol–water partition coefficient (Wildman–Crippen LogP) is 1.80. The Labute approximate surface area is 152 Å². The van der Waals surface area contributed by atoms with Crippen LogP contribution < -0.4 is 5.32 Å². The number of esters is 1. The number of sulfone groups is 1. The zero-order chi connectivity index (χ0) is 19.4. The van der Waals surface area contributed by atoms with Crippen LogP contribution in [0.15, 0.2) is 29.2 Å². The highest BCUT2D eigenvalue weighted by atomic mass is 32.2. The second-order valence-corrected chi connectivity index (χ2v) is 9.18. The molecule has 1 aromatic carbocycles. The summed E-state index contributed by atoms with van der Waals surface area (Å²) in [6, 6.07) is 6.30. The topological polar surface area (TPSA) is 89.5 Å². The number of ether oxygens (including phenoxy) is 1. The Balaban J connectivity index is 1.94. The number of alkyl halides is 3. The van der Waals surface area contributed by atoms with Gasteiger partial charge in [-0.2, -0.15) is 13.2 Å². The van der Waals surface area contributed by atoms with Crippen molar-refractivity contribution in [3.63, 3.8) is 0 Å². The lowest BCUT2D eigenvalue weighted by Gasteiger charge is -2.12. The van der Waals surface area contributed by atoms with E-state index in [1.54, 1.807) is 23.5 Å². The largest absolute Gasteiger partial charge is 0.452 e. The fourth-order valence-electron chi connectivity index (χ4n) is 2.23. The highest BCUT2D eigenvalue weighted by molar-refractivity contribution is 8.02. The molecule has 0 bridgehead atoms. The molecule has 144 valence electrons. The van der Waals surface area contributed by atoms with Crippen molar-refractivity contribution in [1.82, 2.24) is 5.32 Å². The Morgan fingerprint density at radius 1 is 1.27 bits per heavy atom. The molecule has 1 heterocycles. The van der Waals surface area contributed by atoms with Gasteiger partial charge >= 0.3 is 12.1 Å². The van der Waals surface area contributed by atoms with E-state index in [4.69, 9.17) is 4.74 Å². The van der Waals surface area contributed by atoms with Gasteiger partial charge in [-0.25, -0.2) is 13.2 Å². The number of benzene rings is 1. The molecule has 1 amide bonds. The zero-order valence-corrected chi connectivity index (χ0v) is 15.0. The van der Waals surface area contributed by atoms with Crippen LogP contribution in [0.25, 0.3) is 0 Å². The van der Waals surface area contributed by atoms with Crippen molar-refractivity contribution in [3.8, 4) is 0 Å². The van der Waals surface area contributed by atoms with Crippen LogP contribution in [0, 0.1) is 0 Å². The van der Waals surface area contributed by atoms with Crippen LogP contribution in [0.1, 0.15) is 16.8 Å². The standard InChI is InChI=1S/C15H16F3NO5S2/c16-15(17,18)9-19-13(20)7-24-14(21)11-3-1-2-4-12(11)25-10-5-6-26(22,23)8-10/h1-4,10H,5-9H2,(H,19,20)/t10-/m0/s1. The molecule has 0 aromatic heterocycles. The van der Waals surface area contributed by atoms with E-state index in [1.165, 1.54) is 17.8 Å². The Morgan fingerprint density at radius 2 is 1.96 bits per heavy atom. The average molecular weight is 411 g/mol.